The molecule has 0 aliphatic carbocycles. The molecular weight excluding hydrogens is 310 g/mol. The van der Waals surface area contributed by atoms with Crippen molar-refractivity contribution in [2.75, 3.05) is 11.9 Å². The van der Waals surface area contributed by atoms with Gasteiger partial charge in [-0.1, -0.05) is 49.7 Å². The Balaban J connectivity index is 2.24. The number of hydrogen-bond donors (Lipinski definition) is 1. The summed E-state index contributed by atoms with van der Waals surface area (Å²) < 4.78 is 5.57. The summed E-state index contributed by atoms with van der Waals surface area (Å²) in [6, 6.07) is 14.9. The van der Waals surface area contributed by atoms with Crippen LogP contribution in [0.2, 0.25) is 5.02 Å². The van der Waals surface area contributed by atoms with Gasteiger partial charge >= 0.3 is 0 Å². The van der Waals surface area contributed by atoms with Crippen LogP contribution in [0.3, 0.4) is 0 Å². The molecule has 4 heteroatoms. The van der Waals surface area contributed by atoms with Crippen LogP contribution in [0.25, 0.3) is 0 Å². The van der Waals surface area contributed by atoms with Crippen molar-refractivity contribution in [1.82, 2.24) is 0 Å². The van der Waals surface area contributed by atoms with Gasteiger partial charge in [0.25, 0.3) is 0 Å². The first-order chi connectivity index (χ1) is 11.0. The number of anilines is 1. The van der Waals surface area contributed by atoms with Crippen LogP contribution in [0.4, 0.5) is 5.69 Å². The van der Waals surface area contributed by atoms with Crippen molar-refractivity contribution < 1.29 is 9.53 Å². The Kier molecular flexibility index (Phi) is 6.05. The van der Waals surface area contributed by atoms with Crippen LogP contribution in [0.15, 0.2) is 48.5 Å². The van der Waals surface area contributed by atoms with Crippen molar-refractivity contribution in [3.8, 4) is 5.75 Å². The van der Waals surface area contributed by atoms with Gasteiger partial charge in [-0.05, 0) is 42.7 Å². The third kappa shape index (κ3) is 4.49. The predicted molar refractivity (Wildman–Crippen MR) is 95.3 cm³/mol. The van der Waals surface area contributed by atoms with E-state index in [2.05, 4.69) is 5.32 Å². The van der Waals surface area contributed by atoms with Crippen molar-refractivity contribution in [2.45, 2.75) is 26.7 Å². The van der Waals surface area contributed by atoms with Crippen LogP contribution in [0, 0.1) is 5.92 Å². The molecule has 0 spiro atoms. The maximum atomic E-state index is 12.8. The molecule has 2 rings (SSSR count). The minimum absolute atomic E-state index is 0.0468. The normalized spacial score (nSPS) is 12.0. The first kappa shape index (κ1) is 17.4. The second-order valence-electron chi connectivity index (χ2n) is 5.69. The molecule has 3 nitrogen and oxygen atoms in total. The highest BCUT2D eigenvalue weighted by Gasteiger charge is 2.25. The fourth-order valence-corrected chi connectivity index (χ4v) is 2.70. The average molecular weight is 332 g/mol. The van der Waals surface area contributed by atoms with E-state index in [1.54, 1.807) is 0 Å². The predicted octanol–water partition coefficient (Wildman–Crippen LogP) is 5.12. The highest BCUT2D eigenvalue weighted by Crippen LogP contribution is 2.30. The third-order valence-corrected chi connectivity index (χ3v) is 3.88. The van der Waals surface area contributed by atoms with Gasteiger partial charge in [-0.25, -0.2) is 0 Å². The zero-order valence-corrected chi connectivity index (χ0v) is 14.4. The molecule has 0 heterocycles. The Morgan fingerprint density at radius 1 is 1.13 bits per heavy atom. The summed E-state index contributed by atoms with van der Waals surface area (Å²) in [5.41, 5.74) is 1.65. The highest BCUT2D eigenvalue weighted by atomic mass is 35.5. The average Bonchev–Trinajstić information content (AvgIpc) is 2.51. The fraction of sp³-hybridized carbons (Fsp3) is 0.316. The molecule has 0 aromatic heterocycles. The summed E-state index contributed by atoms with van der Waals surface area (Å²) in [6.45, 7) is 6.54. The molecule has 1 atom stereocenters. The summed E-state index contributed by atoms with van der Waals surface area (Å²) in [5, 5.41) is 3.66. The van der Waals surface area contributed by atoms with Crippen LogP contribution in [0.1, 0.15) is 32.3 Å². The van der Waals surface area contributed by atoms with Gasteiger partial charge in [0.2, 0.25) is 5.91 Å². The lowest BCUT2D eigenvalue weighted by Gasteiger charge is -2.21. The van der Waals surface area contributed by atoms with Gasteiger partial charge in [0.1, 0.15) is 5.75 Å². The highest BCUT2D eigenvalue weighted by molar-refractivity contribution is 6.30. The lowest BCUT2D eigenvalue weighted by molar-refractivity contribution is -0.118. The summed E-state index contributed by atoms with van der Waals surface area (Å²) in [4.78, 5) is 12.8. The van der Waals surface area contributed by atoms with Crippen molar-refractivity contribution in [2.24, 2.45) is 5.92 Å². The number of benzene rings is 2. The van der Waals surface area contributed by atoms with Crippen molar-refractivity contribution in [3.05, 3.63) is 59.1 Å². The lowest BCUT2D eigenvalue weighted by atomic mass is 9.87. The maximum absolute atomic E-state index is 12.8. The SMILES string of the molecule is CCOc1ccccc1NC(=O)C(c1ccc(Cl)cc1)C(C)C. The quantitative estimate of drug-likeness (QED) is 0.798. The molecule has 0 saturated carbocycles. The number of hydrogen-bond acceptors (Lipinski definition) is 2. The van der Waals surface area contributed by atoms with E-state index in [9.17, 15) is 4.79 Å². The number of amides is 1. The Morgan fingerprint density at radius 3 is 2.39 bits per heavy atom. The summed E-state index contributed by atoms with van der Waals surface area (Å²) in [6.07, 6.45) is 0. The van der Waals surface area contributed by atoms with Crippen LogP contribution < -0.4 is 10.1 Å². The van der Waals surface area contributed by atoms with Crippen molar-refractivity contribution in [1.29, 1.82) is 0 Å². The molecule has 1 amide bonds. The number of ether oxygens (including phenoxy) is 1. The number of halogens is 1. The second-order valence-corrected chi connectivity index (χ2v) is 6.13. The van der Waals surface area contributed by atoms with Gasteiger partial charge < -0.3 is 10.1 Å². The summed E-state index contributed by atoms with van der Waals surface area (Å²) in [7, 11) is 0. The minimum atomic E-state index is -0.248. The largest absolute Gasteiger partial charge is 0.492 e. The topological polar surface area (TPSA) is 38.3 Å². The number of carbonyl (C=O) groups excluding carboxylic acids is 1. The molecule has 1 N–H and O–H groups in total. The van der Waals surface area contributed by atoms with Gasteiger partial charge in [0.15, 0.2) is 0 Å². The third-order valence-electron chi connectivity index (χ3n) is 3.62. The number of carbonyl (C=O) groups is 1. The number of para-hydroxylation sites is 2. The van der Waals surface area contributed by atoms with E-state index in [1.165, 1.54) is 0 Å². The summed E-state index contributed by atoms with van der Waals surface area (Å²) in [5.74, 6) is 0.550. The molecule has 0 radical (unpaired) electrons. The minimum Gasteiger partial charge on any atom is -0.492 e. The van der Waals surface area contributed by atoms with Gasteiger partial charge in [0, 0.05) is 5.02 Å². The molecule has 2 aromatic carbocycles. The molecule has 23 heavy (non-hydrogen) atoms. The fourth-order valence-electron chi connectivity index (χ4n) is 2.57. The molecular formula is C19H22ClNO2. The van der Waals surface area contributed by atoms with E-state index in [0.717, 1.165) is 5.56 Å². The van der Waals surface area contributed by atoms with Gasteiger partial charge in [0.05, 0.1) is 18.2 Å². The van der Waals surface area contributed by atoms with Crippen LogP contribution in [-0.2, 0) is 4.79 Å². The zero-order chi connectivity index (χ0) is 16.8. The van der Waals surface area contributed by atoms with Crippen molar-refractivity contribution >= 4 is 23.2 Å². The van der Waals surface area contributed by atoms with Crippen LogP contribution in [-0.4, -0.2) is 12.5 Å². The lowest BCUT2D eigenvalue weighted by Crippen LogP contribution is -2.25. The first-order valence-corrected chi connectivity index (χ1v) is 8.19. The monoisotopic (exact) mass is 331 g/mol. The van der Waals surface area contributed by atoms with Crippen molar-refractivity contribution in [3.63, 3.8) is 0 Å². The van der Waals surface area contributed by atoms with E-state index in [4.69, 9.17) is 16.3 Å². The molecule has 0 aliphatic rings. The Hall–Kier alpha value is -2.00. The summed E-state index contributed by atoms with van der Waals surface area (Å²) >= 11 is 5.94. The van der Waals surface area contributed by atoms with E-state index in [-0.39, 0.29) is 17.7 Å². The zero-order valence-electron chi connectivity index (χ0n) is 13.7. The van der Waals surface area contributed by atoms with E-state index >= 15 is 0 Å². The second kappa shape index (κ2) is 8.02. The molecule has 2 aromatic rings. The molecule has 0 aliphatic heterocycles. The number of nitrogens with one attached hydrogen (secondary N) is 1. The van der Waals surface area contributed by atoms with Gasteiger partial charge in [-0.2, -0.15) is 0 Å². The molecule has 0 saturated heterocycles. The Bertz CT molecular complexity index is 653. The van der Waals surface area contributed by atoms with E-state index in [0.29, 0.717) is 23.1 Å². The standard InChI is InChI=1S/C19H22ClNO2/c1-4-23-17-8-6-5-7-16(17)21-19(22)18(13(2)3)14-9-11-15(20)12-10-14/h5-13,18H,4H2,1-3H3,(H,21,22). The molecule has 0 fully saturated rings. The first-order valence-electron chi connectivity index (χ1n) is 7.81. The Morgan fingerprint density at radius 2 is 1.78 bits per heavy atom. The Labute approximate surface area is 142 Å². The van der Waals surface area contributed by atoms with Gasteiger partial charge in [-0.3, -0.25) is 4.79 Å². The number of rotatable bonds is 6. The van der Waals surface area contributed by atoms with Crippen LogP contribution in [0.5, 0.6) is 5.75 Å². The van der Waals surface area contributed by atoms with Crippen LogP contribution >= 0.6 is 11.6 Å². The maximum Gasteiger partial charge on any atom is 0.232 e. The van der Waals surface area contributed by atoms with E-state index < -0.39 is 0 Å². The van der Waals surface area contributed by atoms with Gasteiger partial charge in [-0.15, -0.1) is 0 Å². The molecule has 122 valence electrons. The molecule has 1 unspecified atom stereocenters. The smallest absolute Gasteiger partial charge is 0.232 e. The molecule has 0 bridgehead atoms. The van der Waals surface area contributed by atoms with E-state index in [1.807, 2.05) is 69.3 Å².